The van der Waals surface area contributed by atoms with Gasteiger partial charge >= 0.3 is 5.97 Å². The summed E-state index contributed by atoms with van der Waals surface area (Å²) in [6.07, 6.45) is 3.17. The topological polar surface area (TPSA) is 86.3 Å². The van der Waals surface area contributed by atoms with Crippen molar-refractivity contribution in [1.29, 1.82) is 0 Å². The number of ether oxygens (including phenoxy) is 1. The zero-order valence-electron chi connectivity index (χ0n) is 23.0. The minimum absolute atomic E-state index is 0.0719. The number of benzene rings is 2. The number of anilines is 1. The van der Waals surface area contributed by atoms with Crippen molar-refractivity contribution in [2.45, 2.75) is 65.0 Å². The maximum Gasteiger partial charge on any atom is 0.326 e. The highest BCUT2D eigenvalue weighted by atomic mass is 19.1. The number of aromatic nitrogens is 1. The number of nitrogens with zero attached hydrogens (tertiary/aromatic N) is 1. The van der Waals surface area contributed by atoms with Crippen LogP contribution in [0.4, 0.5) is 14.6 Å². The SMILES string of the molecule is C=C(c1ccc(F)cc1F)c1ccc(=O)n(-c2ccc(CCNC(C)(C)C(=O)OC(CC)CCC)cc2)c1N. The number of nitrogens with one attached hydrogen (secondary N) is 1. The van der Waals surface area contributed by atoms with Crippen molar-refractivity contribution in [3.63, 3.8) is 0 Å². The number of carbonyl (C=O) groups excluding carboxylic acids is 1. The first-order valence-electron chi connectivity index (χ1n) is 13.2. The van der Waals surface area contributed by atoms with E-state index in [1.165, 1.54) is 22.8 Å². The van der Waals surface area contributed by atoms with Gasteiger partial charge in [0.1, 0.15) is 29.1 Å². The molecule has 0 radical (unpaired) electrons. The van der Waals surface area contributed by atoms with Crippen molar-refractivity contribution in [3.8, 4) is 5.69 Å². The van der Waals surface area contributed by atoms with E-state index in [1.807, 2.05) is 32.9 Å². The van der Waals surface area contributed by atoms with Crippen LogP contribution in [0, 0.1) is 11.6 Å². The molecule has 2 aromatic carbocycles. The van der Waals surface area contributed by atoms with Gasteiger partial charge in [-0.25, -0.2) is 8.78 Å². The van der Waals surface area contributed by atoms with Gasteiger partial charge in [-0.2, -0.15) is 0 Å². The van der Waals surface area contributed by atoms with Gasteiger partial charge in [0.15, 0.2) is 0 Å². The van der Waals surface area contributed by atoms with E-state index in [9.17, 15) is 18.4 Å². The number of halogens is 2. The molecule has 3 rings (SSSR count). The Labute approximate surface area is 228 Å². The molecule has 0 spiro atoms. The van der Waals surface area contributed by atoms with Crippen LogP contribution in [-0.4, -0.2) is 28.7 Å². The monoisotopic (exact) mass is 537 g/mol. The van der Waals surface area contributed by atoms with Crippen LogP contribution >= 0.6 is 0 Å². The zero-order chi connectivity index (χ0) is 28.7. The average molecular weight is 538 g/mol. The van der Waals surface area contributed by atoms with Crippen LogP contribution in [0.2, 0.25) is 0 Å². The van der Waals surface area contributed by atoms with Crippen molar-refractivity contribution < 1.29 is 18.3 Å². The minimum atomic E-state index is -0.824. The maximum atomic E-state index is 14.3. The summed E-state index contributed by atoms with van der Waals surface area (Å²) in [5, 5.41) is 3.27. The predicted molar refractivity (Wildman–Crippen MR) is 152 cm³/mol. The molecular formula is C31H37F2N3O3. The number of hydrogen-bond acceptors (Lipinski definition) is 5. The zero-order valence-corrected chi connectivity index (χ0v) is 23.0. The quantitative estimate of drug-likeness (QED) is 0.286. The number of esters is 1. The minimum Gasteiger partial charge on any atom is -0.461 e. The molecule has 0 amide bonds. The highest BCUT2D eigenvalue weighted by Gasteiger charge is 2.30. The Bertz CT molecular complexity index is 1380. The normalized spacial score (nSPS) is 12.3. The van der Waals surface area contributed by atoms with Gasteiger partial charge in [0, 0.05) is 29.8 Å². The van der Waals surface area contributed by atoms with E-state index in [0.29, 0.717) is 24.2 Å². The lowest BCUT2D eigenvalue weighted by Crippen LogP contribution is -2.49. The third-order valence-electron chi connectivity index (χ3n) is 6.74. The van der Waals surface area contributed by atoms with Gasteiger partial charge < -0.3 is 15.8 Å². The molecule has 208 valence electrons. The summed E-state index contributed by atoms with van der Waals surface area (Å²) >= 11 is 0. The second kappa shape index (κ2) is 12.8. The van der Waals surface area contributed by atoms with Crippen molar-refractivity contribution >= 4 is 17.4 Å². The van der Waals surface area contributed by atoms with Gasteiger partial charge in [-0.05, 0) is 74.6 Å². The van der Waals surface area contributed by atoms with E-state index in [2.05, 4.69) is 18.8 Å². The Hall–Kier alpha value is -3.78. The second-order valence-electron chi connectivity index (χ2n) is 10.1. The average Bonchev–Trinajstić information content (AvgIpc) is 2.89. The van der Waals surface area contributed by atoms with Crippen LogP contribution in [0.5, 0.6) is 0 Å². The first-order valence-corrected chi connectivity index (χ1v) is 13.2. The lowest BCUT2D eigenvalue weighted by Gasteiger charge is -2.27. The number of rotatable bonds is 12. The lowest BCUT2D eigenvalue weighted by molar-refractivity contribution is -0.156. The highest BCUT2D eigenvalue weighted by Crippen LogP contribution is 2.29. The Balaban J connectivity index is 1.71. The van der Waals surface area contributed by atoms with Crippen LogP contribution in [-0.2, 0) is 16.0 Å². The van der Waals surface area contributed by atoms with Crippen molar-refractivity contribution in [2.24, 2.45) is 0 Å². The fourth-order valence-electron chi connectivity index (χ4n) is 4.32. The summed E-state index contributed by atoms with van der Waals surface area (Å²) < 4.78 is 34.7. The molecule has 1 heterocycles. The Morgan fingerprint density at radius 2 is 1.74 bits per heavy atom. The molecule has 1 atom stereocenters. The van der Waals surface area contributed by atoms with E-state index in [0.717, 1.165) is 37.0 Å². The lowest BCUT2D eigenvalue weighted by atomic mass is 9.99. The Morgan fingerprint density at radius 3 is 2.36 bits per heavy atom. The third-order valence-corrected chi connectivity index (χ3v) is 6.74. The van der Waals surface area contributed by atoms with E-state index < -0.39 is 17.2 Å². The van der Waals surface area contributed by atoms with E-state index in [-0.39, 0.29) is 34.6 Å². The molecule has 1 aromatic heterocycles. The van der Waals surface area contributed by atoms with E-state index in [1.54, 1.807) is 12.1 Å². The molecule has 0 aliphatic carbocycles. The molecule has 0 saturated carbocycles. The first-order chi connectivity index (χ1) is 18.5. The molecule has 0 fully saturated rings. The molecular weight excluding hydrogens is 500 g/mol. The fourth-order valence-corrected chi connectivity index (χ4v) is 4.32. The van der Waals surface area contributed by atoms with Gasteiger partial charge in [-0.15, -0.1) is 0 Å². The van der Waals surface area contributed by atoms with Gasteiger partial charge in [-0.3, -0.25) is 14.2 Å². The number of carbonyl (C=O) groups is 1. The van der Waals surface area contributed by atoms with E-state index in [4.69, 9.17) is 10.5 Å². The molecule has 0 aliphatic rings. The number of nitrogens with two attached hydrogens (primary N) is 1. The summed E-state index contributed by atoms with van der Waals surface area (Å²) in [5.74, 6) is -1.63. The molecule has 0 aliphatic heterocycles. The van der Waals surface area contributed by atoms with Crippen LogP contribution < -0.4 is 16.6 Å². The second-order valence-corrected chi connectivity index (χ2v) is 10.1. The third kappa shape index (κ3) is 7.20. The summed E-state index contributed by atoms with van der Waals surface area (Å²) in [4.78, 5) is 25.4. The number of pyridine rings is 1. The molecule has 3 N–H and O–H groups in total. The first kappa shape index (κ1) is 29.8. The van der Waals surface area contributed by atoms with Gasteiger partial charge in [0.05, 0.1) is 5.69 Å². The molecule has 39 heavy (non-hydrogen) atoms. The predicted octanol–water partition coefficient (Wildman–Crippen LogP) is 5.79. The Morgan fingerprint density at radius 1 is 1.08 bits per heavy atom. The largest absolute Gasteiger partial charge is 0.461 e. The highest BCUT2D eigenvalue weighted by molar-refractivity contribution is 5.83. The maximum absolute atomic E-state index is 14.3. The van der Waals surface area contributed by atoms with Crippen molar-refractivity contribution in [1.82, 2.24) is 9.88 Å². The fraction of sp³-hybridized carbons (Fsp3) is 0.355. The standard InChI is InChI=1S/C31H37F2N3O3/c1-6-8-24(7-2)39-30(38)31(4,5)35-18-17-21-9-12-23(13-10-21)36-28(37)16-15-26(29(36)34)20(3)25-14-11-22(32)19-27(25)33/h9-16,19,24,35H,3,6-8,17-18,34H2,1-2,4-5H3. The van der Waals surface area contributed by atoms with Crippen LogP contribution in [0.3, 0.4) is 0 Å². The molecule has 3 aromatic rings. The van der Waals surface area contributed by atoms with Crippen LogP contribution in [0.1, 0.15) is 63.6 Å². The number of nitrogen functional groups attached to an aromatic ring is 1. The molecule has 0 saturated heterocycles. The van der Waals surface area contributed by atoms with Crippen LogP contribution in [0.15, 0.2) is 66.0 Å². The van der Waals surface area contributed by atoms with Gasteiger partial charge in [0.25, 0.3) is 5.56 Å². The van der Waals surface area contributed by atoms with E-state index >= 15 is 0 Å². The summed E-state index contributed by atoms with van der Waals surface area (Å²) in [5.41, 5.74) is 7.40. The van der Waals surface area contributed by atoms with Crippen LogP contribution in [0.25, 0.3) is 11.3 Å². The molecule has 6 nitrogen and oxygen atoms in total. The van der Waals surface area contributed by atoms with Gasteiger partial charge in [-0.1, -0.05) is 39.0 Å². The summed E-state index contributed by atoms with van der Waals surface area (Å²) in [6, 6.07) is 13.3. The molecule has 0 bridgehead atoms. The summed E-state index contributed by atoms with van der Waals surface area (Å²) in [6.45, 7) is 12.2. The summed E-state index contributed by atoms with van der Waals surface area (Å²) in [7, 11) is 0. The molecule has 8 heteroatoms. The van der Waals surface area contributed by atoms with Crippen molar-refractivity contribution in [3.05, 3.63) is 99.9 Å². The van der Waals surface area contributed by atoms with Gasteiger partial charge in [0.2, 0.25) is 0 Å². The van der Waals surface area contributed by atoms with Crippen molar-refractivity contribution in [2.75, 3.05) is 12.3 Å². The number of hydrogen-bond donors (Lipinski definition) is 2. The molecule has 1 unspecified atom stereocenters. The smallest absolute Gasteiger partial charge is 0.326 e. The Kier molecular flexibility index (Phi) is 9.81.